The van der Waals surface area contributed by atoms with Gasteiger partial charge in [-0.25, -0.2) is 4.98 Å². The van der Waals surface area contributed by atoms with E-state index in [0.717, 1.165) is 21.8 Å². The fraction of sp³-hybridized carbons (Fsp3) is 0.304. The average Bonchev–Trinajstić information content (AvgIpc) is 3.24. The molecule has 0 aliphatic heterocycles. The largest absolute Gasteiger partial charge is 0.493 e. The molecule has 158 valence electrons. The molecule has 0 aliphatic carbocycles. The molecule has 0 bridgehead atoms. The number of methoxy groups -OCH3 is 3. The smallest absolute Gasteiger partial charge is 0.306 e. The van der Waals surface area contributed by atoms with Gasteiger partial charge in [-0.1, -0.05) is 29.8 Å². The van der Waals surface area contributed by atoms with Crippen molar-refractivity contribution in [3.63, 3.8) is 0 Å². The number of carbonyl (C=O) groups excluding carboxylic acids is 1. The van der Waals surface area contributed by atoms with Crippen molar-refractivity contribution in [2.24, 2.45) is 0 Å². The highest BCUT2D eigenvalue weighted by atomic mass is 32.1. The molecule has 0 unspecified atom stereocenters. The molecular formula is C23H25NO5S. The summed E-state index contributed by atoms with van der Waals surface area (Å²) in [6.45, 7) is 2.21. The van der Waals surface area contributed by atoms with Crippen LogP contribution in [0.1, 0.15) is 23.2 Å². The van der Waals surface area contributed by atoms with Crippen molar-refractivity contribution in [2.45, 2.75) is 26.4 Å². The molecule has 7 heteroatoms. The molecule has 30 heavy (non-hydrogen) atoms. The molecule has 0 amide bonds. The molecule has 0 spiro atoms. The minimum Gasteiger partial charge on any atom is -0.493 e. The number of aromatic nitrogens is 1. The van der Waals surface area contributed by atoms with Crippen LogP contribution < -0.4 is 14.2 Å². The monoisotopic (exact) mass is 427 g/mol. The number of hydrogen-bond donors (Lipinski definition) is 0. The Morgan fingerprint density at radius 3 is 2.27 bits per heavy atom. The van der Waals surface area contributed by atoms with Gasteiger partial charge < -0.3 is 18.9 Å². The van der Waals surface area contributed by atoms with Crippen molar-refractivity contribution in [3.8, 4) is 27.8 Å². The molecule has 2 aromatic carbocycles. The van der Waals surface area contributed by atoms with Crippen LogP contribution in [-0.4, -0.2) is 32.3 Å². The number of esters is 1. The van der Waals surface area contributed by atoms with Gasteiger partial charge >= 0.3 is 5.97 Å². The van der Waals surface area contributed by atoms with Gasteiger partial charge in [0.1, 0.15) is 11.6 Å². The fourth-order valence-corrected chi connectivity index (χ4v) is 3.77. The first kappa shape index (κ1) is 21.6. The second kappa shape index (κ2) is 10.1. The minimum atomic E-state index is -0.284. The van der Waals surface area contributed by atoms with E-state index in [2.05, 4.69) is 24.0 Å². The van der Waals surface area contributed by atoms with Crippen molar-refractivity contribution >= 4 is 17.3 Å². The molecule has 0 fully saturated rings. The van der Waals surface area contributed by atoms with E-state index in [0.29, 0.717) is 23.7 Å². The van der Waals surface area contributed by atoms with Crippen molar-refractivity contribution in [3.05, 3.63) is 58.6 Å². The van der Waals surface area contributed by atoms with E-state index in [9.17, 15) is 4.79 Å². The van der Waals surface area contributed by atoms with Crippen molar-refractivity contribution in [1.29, 1.82) is 0 Å². The summed E-state index contributed by atoms with van der Waals surface area (Å²) in [7, 11) is 4.68. The van der Waals surface area contributed by atoms with Crippen molar-refractivity contribution < 1.29 is 23.7 Å². The molecule has 0 radical (unpaired) electrons. The average molecular weight is 428 g/mol. The van der Waals surface area contributed by atoms with Crippen LogP contribution in [0.25, 0.3) is 10.6 Å². The summed E-state index contributed by atoms with van der Waals surface area (Å²) in [6, 6.07) is 11.9. The topological polar surface area (TPSA) is 66.9 Å². The second-order valence-electron chi connectivity index (χ2n) is 6.70. The lowest BCUT2D eigenvalue weighted by Gasteiger charge is -2.14. The number of nitrogens with zero attached hydrogens (tertiary/aromatic N) is 1. The van der Waals surface area contributed by atoms with E-state index < -0.39 is 0 Å². The Kier molecular flexibility index (Phi) is 7.30. The summed E-state index contributed by atoms with van der Waals surface area (Å²) < 4.78 is 21.4. The second-order valence-corrected chi connectivity index (χ2v) is 7.56. The van der Waals surface area contributed by atoms with Gasteiger partial charge in [0.05, 0.1) is 27.0 Å². The van der Waals surface area contributed by atoms with E-state index in [1.807, 2.05) is 29.6 Å². The van der Waals surface area contributed by atoms with Crippen LogP contribution in [0.4, 0.5) is 0 Å². The number of aryl methyl sites for hydroxylation is 2. The van der Waals surface area contributed by atoms with Crippen molar-refractivity contribution in [1.82, 2.24) is 4.98 Å². The molecule has 1 aromatic heterocycles. The minimum absolute atomic E-state index is 0.163. The highest BCUT2D eigenvalue weighted by Crippen LogP contribution is 2.38. The predicted molar refractivity (Wildman–Crippen MR) is 117 cm³/mol. The molecule has 0 aliphatic rings. The summed E-state index contributed by atoms with van der Waals surface area (Å²) in [5.74, 6) is 1.37. The lowest BCUT2D eigenvalue weighted by molar-refractivity contribution is -0.145. The van der Waals surface area contributed by atoms with Crippen LogP contribution in [-0.2, 0) is 22.6 Å². The Labute approximate surface area is 180 Å². The van der Waals surface area contributed by atoms with Crippen LogP contribution in [0.2, 0.25) is 0 Å². The highest BCUT2D eigenvalue weighted by Gasteiger charge is 2.14. The van der Waals surface area contributed by atoms with E-state index in [1.165, 1.54) is 16.9 Å². The number of hydrogen-bond acceptors (Lipinski definition) is 7. The normalized spacial score (nSPS) is 10.5. The van der Waals surface area contributed by atoms with Gasteiger partial charge in [-0.2, -0.15) is 0 Å². The maximum Gasteiger partial charge on any atom is 0.306 e. The lowest BCUT2D eigenvalue weighted by Crippen LogP contribution is -2.06. The Morgan fingerprint density at radius 1 is 1.00 bits per heavy atom. The van der Waals surface area contributed by atoms with Gasteiger partial charge in [0.25, 0.3) is 0 Å². The van der Waals surface area contributed by atoms with Crippen LogP contribution in [0, 0.1) is 6.92 Å². The Morgan fingerprint density at radius 2 is 1.67 bits per heavy atom. The van der Waals surface area contributed by atoms with Gasteiger partial charge in [0.15, 0.2) is 11.5 Å². The Bertz CT molecular complexity index is 972. The van der Waals surface area contributed by atoms with Crippen LogP contribution in [0.15, 0.2) is 41.8 Å². The molecule has 1 heterocycles. The first-order valence-electron chi connectivity index (χ1n) is 9.50. The quantitative estimate of drug-likeness (QED) is 0.456. The van der Waals surface area contributed by atoms with Crippen LogP contribution in [0.5, 0.6) is 17.2 Å². The maximum atomic E-state index is 12.2. The van der Waals surface area contributed by atoms with Crippen LogP contribution in [0.3, 0.4) is 0 Å². The summed E-state index contributed by atoms with van der Waals surface area (Å²) in [5, 5.41) is 2.83. The number of rotatable bonds is 9. The molecule has 0 N–H and O–H groups in total. The summed E-state index contributed by atoms with van der Waals surface area (Å²) >= 11 is 1.54. The lowest BCUT2D eigenvalue weighted by atomic mass is 10.1. The molecule has 3 aromatic rings. The van der Waals surface area contributed by atoms with E-state index in [4.69, 9.17) is 18.9 Å². The third-order valence-corrected chi connectivity index (χ3v) is 5.51. The third kappa shape index (κ3) is 5.30. The summed E-state index contributed by atoms with van der Waals surface area (Å²) in [6.07, 6.45) is 0.745. The number of benzene rings is 2. The zero-order valence-corrected chi connectivity index (χ0v) is 18.4. The standard InChI is InChI=1S/C23H25NO5S/c1-15-5-8-17(9-6-15)23-24-18(14-30-23)13-29-21(25)10-7-16-11-19(26-2)22(28-4)20(12-16)27-3/h5-6,8-9,11-12,14H,7,10,13H2,1-4H3. The number of ether oxygens (including phenoxy) is 4. The van der Waals surface area contributed by atoms with Crippen molar-refractivity contribution in [2.75, 3.05) is 21.3 Å². The third-order valence-electron chi connectivity index (χ3n) is 4.57. The van der Waals surface area contributed by atoms with Gasteiger partial charge in [-0.15, -0.1) is 11.3 Å². The first-order valence-corrected chi connectivity index (χ1v) is 10.4. The number of carbonyl (C=O) groups is 1. The van der Waals surface area contributed by atoms with E-state index >= 15 is 0 Å². The summed E-state index contributed by atoms with van der Waals surface area (Å²) in [5.41, 5.74) is 3.91. The van der Waals surface area contributed by atoms with E-state index in [-0.39, 0.29) is 19.0 Å². The SMILES string of the molecule is COc1cc(CCC(=O)OCc2csc(-c3ccc(C)cc3)n2)cc(OC)c1OC. The first-order chi connectivity index (χ1) is 14.5. The highest BCUT2D eigenvalue weighted by molar-refractivity contribution is 7.13. The fourth-order valence-electron chi connectivity index (χ4n) is 2.95. The van der Waals surface area contributed by atoms with Gasteiger partial charge in [0.2, 0.25) is 5.75 Å². The molecule has 3 rings (SSSR count). The zero-order chi connectivity index (χ0) is 21.5. The van der Waals surface area contributed by atoms with Crippen LogP contribution >= 0.6 is 11.3 Å². The molecule has 0 saturated heterocycles. The Hall–Kier alpha value is -3.06. The molecule has 0 saturated carbocycles. The van der Waals surface area contributed by atoms with Gasteiger partial charge in [0, 0.05) is 17.4 Å². The van der Waals surface area contributed by atoms with Gasteiger partial charge in [-0.3, -0.25) is 4.79 Å². The van der Waals surface area contributed by atoms with Gasteiger partial charge in [-0.05, 0) is 31.0 Å². The zero-order valence-electron chi connectivity index (χ0n) is 17.6. The molecule has 0 atom stereocenters. The Balaban J connectivity index is 1.55. The summed E-state index contributed by atoms with van der Waals surface area (Å²) in [4.78, 5) is 16.8. The maximum absolute atomic E-state index is 12.2. The van der Waals surface area contributed by atoms with E-state index in [1.54, 1.807) is 21.3 Å². The predicted octanol–water partition coefficient (Wildman–Crippen LogP) is 4.82. The number of thiazole rings is 1. The molecular weight excluding hydrogens is 402 g/mol. The molecule has 6 nitrogen and oxygen atoms in total.